The summed E-state index contributed by atoms with van der Waals surface area (Å²) in [5.74, 6) is -1.07. The van der Waals surface area contributed by atoms with Crippen LogP contribution in [0.5, 0.6) is 0 Å². The van der Waals surface area contributed by atoms with Crippen molar-refractivity contribution in [3.05, 3.63) is 21.9 Å². The van der Waals surface area contributed by atoms with Crippen molar-refractivity contribution in [3.63, 3.8) is 0 Å². The summed E-state index contributed by atoms with van der Waals surface area (Å²) in [6.45, 7) is 5.22. The minimum Gasteiger partial charge on any atom is -0.465 e. The molecule has 8 heteroatoms. The van der Waals surface area contributed by atoms with Gasteiger partial charge in [-0.2, -0.15) is 0 Å². The SMILES string of the molecule is COC(=O)c1ccc(C(=O)N[C@H](C)C(=O)NCCN2CCCCC2)s1. The number of hydrogen-bond donors (Lipinski definition) is 2. The van der Waals surface area contributed by atoms with E-state index in [2.05, 4.69) is 20.3 Å². The molecule has 0 saturated carbocycles. The lowest BCUT2D eigenvalue weighted by Crippen LogP contribution is -2.46. The van der Waals surface area contributed by atoms with Crippen LogP contribution < -0.4 is 10.6 Å². The first-order valence-electron chi connectivity index (χ1n) is 8.50. The maximum atomic E-state index is 12.2. The van der Waals surface area contributed by atoms with Gasteiger partial charge in [-0.25, -0.2) is 4.79 Å². The Morgan fingerprint density at radius 3 is 2.56 bits per heavy atom. The van der Waals surface area contributed by atoms with Crippen molar-refractivity contribution in [3.8, 4) is 0 Å². The summed E-state index contributed by atoms with van der Waals surface area (Å²) in [7, 11) is 1.29. The summed E-state index contributed by atoms with van der Waals surface area (Å²) in [6, 6.07) is 2.44. The fourth-order valence-corrected chi connectivity index (χ4v) is 3.50. The number of nitrogens with zero attached hydrogens (tertiary/aromatic N) is 1. The van der Waals surface area contributed by atoms with E-state index >= 15 is 0 Å². The molecule has 2 heterocycles. The van der Waals surface area contributed by atoms with Crippen LogP contribution in [-0.4, -0.2) is 62.0 Å². The minimum atomic E-state index is -0.641. The summed E-state index contributed by atoms with van der Waals surface area (Å²) in [5.41, 5.74) is 0. The van der Waals surface area contributed by atoms with Crippen molar-refractivity contribution in [2.24, 2.45) is 0 Å². The van der Waals surface area contributed by atoms with Crippen molar-refractivity contribution in [1.29, 1.82) is 0 Å². The number of amides is 2. The van der Waals surface area contributed by atoms with E-state index in [0.717, 1.165) is 31.0 Å². The Kier molecular flexibility index (Phi) is 7.39. The largest absolute Gasteiger partial charge is 0.465 e. The minimum absolute atomic E-state index is 0.213. The van der Waals surface area contributed by atoms with Gasteiger partial charge in [-0.15, -0.1) is 11.3 Å². The summed E-state index contributed by atoms with van der Waals surface area (Å²) in [5, 5.41) is 5.50. The molecule has 1 atom stereocenters. The Hall–Kier alpha value is -1.93. The van der Waals surface area contributed by atoms with Crippen molar-refractivity contribution < 1.29 is 19.1 Å². The number of carbonyl (C=O) groups is 3. The molecule has 0 spiro atoms. The predicted molar refractivity (Wildman–Crippen MR) is 95.9 cm³/mol. The van der Waals surface area contributed by atoms with E-state index in [9.17, 15) is 14.4 Å². The van der Waals surface area contributed by atoms with E-state index in [4.69, 9.17) is 0 Å². The lowest BCUT2D eigenvalue weighted by molar-refractivity contribution is -0.122. The molecule has 0 unspecified atom stereocenters. The Morgan fingerprint density at radius 1 is 1.20 bits per heavy atom. The zero-order valence-electron chi connectivity index (χ0n) is 14.7. The molecule has 7 nitrogen and oxygen atoms in total. The molecular formula is C17H25N3O4S. The van der Waals surface area contributed by atoms with Crippen LogP contribution >= 0.6 is 11.3 Å². The van der Waals surface area contributed by atoms with Crippen LogP contribution in [0.15, 0.2) is 12.1 Å². The van der Waals surface area contributed by atoms with Crippen molar-refractivity contribution in [2.75, 3.05) is 33.3 Å². The number of thiophene rings is 1. The third-order valence-electron chi connectivity index (χ3n) is 4.13. The number of ether oxygens (including phenoxy) is 1. The van der Waals surface area contributed by atoms with E-state index in [1.54, 1.807) is 13.0 Å². The number of hydrogen-bond acceptors (Lipinski definition) is 6. The number of piperidine rings is 1. The number of likely N-dealkylation sites (tertiary alicyclic amines) is 1. The maximum absolute atomic E-state index is 12.2. The number of esters is 1. The number of methoxy groups -OCH3 is 1. The molecule has 1 aromatic rings. The van der Waals surface area contributed by atoms with Gasteiger partial charge < -0.3 is 20.3 Å². The lowest BCUT2D eigenvalue weighted by Gasteiger charge is -2.26. The Morgan fingerprint density at radius 2 is 1.88 bits per heavy atom. The highest BCUT2D eigenvalue weighted by Gasteiger charge is 2.19. The van der Waals surface area contributed by atoms with Crippen LogP contribution in [0.2, 0.25) is 0 Å². The zero-order chi connectivity index (χ0) is 18.2. The second kappa shape index (κ2) is 9.53. The van der Waals surface area contributed by atoms with Gasteiger partial charge in [-0.1, -0.05) is 6.42 Å². The highest BCUT2D eigenvalue weighted by atomic mass is 32.1. The quantitative estimate of drug-likeness (QED) is 0.709. The normalized spacial score (nSPS) is 16.1. The fourth-order valence-electron chi connectivity index (χ4n) is 2.68. The van der Waals surface area contributed by atoms with Crippen LogP contribution in [0.4, 0.5) is 0 Å². The molecule has 1 saturated heterocycles. The van der Waals surface area contributed by atoms with E-state index < -0.39 is 12.0 Å². The van der Waals surface area contributed by atoms with Crippen LogP contribution in [0.3, 0.4) is 0 Å². The van der Waals surface area contributed by atoms with Crippen molar-refractivity contribution >= 4 is 29.1 Å². The van der Waals surface area contributed by atoms with Gasteiger partial charge in [0.25, 0.3) is 5.91 Å². The maximum Gasteiger partial charge on any atom is 0.348 e. The summed E-state index contributed by atoms with van der Waals surface area (Å²) in [6.07, 6.45) is 3.72. The number of rotatable bonds is 7. The second-order valence-corrected chi connectivity index (χ2v) is 7.13. The van der Waals surface area contributed by atoms with Gasteiger partial charge in [0.2, 0.25) is 5.91 Å². The molecule has 0 aliphatic carbocycles. The van der Waals surface area contributed by atoms with Crippen LogP contribution in [0.25, 0.3) is 0 Å². The van der Waals surface area contributed by atoms with Gasteiger partial charge in [0.1, 0.15) is 10.9 Å². The molecule has 1 fully saturated rings. The first-order chi connectivity index (χ1) is 12.0. The molecular weight excluding hydrogens is 342 g/mol. The molecule has 0 aromatic carbocycles. The fraction of sp³-hybridized carbons (Fsp3) is 0.588. The molecule has 25 heavy (non-hydrogen) atoms. The number of nitrogens with one attached hydrogen (secondary N) is 2. The molecule has 2 amide bonds. The Labute approximate surface area is 151 Å². The topological polar surface area (TPSA) is 87.7 Å². The van der Waals surface area contributed by atoms with Gasteiger partial charge in [0, 0.05) is 13.1 Å². The van der Waals surface area contributed by atoms with E-state index in [1.165, 1.54) is 32.4 Å². The number of carbonyl (C=O) groups excluding carboxylic acids is 3. The third-order valence-corrected chi connectivity index (χ3v) is 5.20. The Bertz CT molecular complexity index is 611. The molecule has 2 rings (SSSR count). The van der Waals surface area contributed by atoms with Gasteiger partial charge >= 0.3 is 5.97 Å². The van der Waals surface area contributed by atoms with Gasteiger partial charge in [0.05, 0.1) is 12.0 Å². The lowest BCUT2D eigenvalue weighted by atomic mass is 10.1. The average molecular weight is 367 g/mol. The molecule has 2 N–H and O–H groups in total. The molecule has 138 valence electrons. The van der Waals surface area contributed by atoms with E-state index in [-0.39, 0.29) is 11.8 Å². The zero-order valence-corrected chi connectivity index (χ0v) is 15.5. The first kappa shape index (κ1) is 19.4. The average Bonchev–Trinajstić information content (AvgIpc) is 3.12. The highest BCUT2D eigenvalue weighted by molar-refractivity contribution is 7.15. The van der Waals surface area contributed by atoms with Gasteiger partial charge in [-0.3, -0.25) is 9.59 Å². The molecule has 1 aromatic heterocycles. The summed E-state index contributed by atoms with van der Waals surface area (Å²) >= 11 is 1.04. The molecule has 0 radical (unpaired) electrons. The smallest absolute Gasteiger partial charge is 0.348 e. The van der Waals surface area contributed by atoms with E-state index in [0.29, 0.717) is 16.3 Å². The van der Waals surface area contributed by atoms with E-state index in [1.807, 2.05) is 0 Å². The third kappa shape index (κ3) is 5.82. The van der Waals surface area contributed by atoms with Crippen LogP contribution in [0.1, 0.15) is 45.5 Å². The van der Waals surface area contributed by atoms with Gasteiger partial charge in [-0.05, 0) is 45.0 Å². The van der Waals surface area contributed by atoms with Gasteiger partial charge in [0.15, 0.2) is 0 Å². The summed E-state index contributed by atoms with van der Waals surface area (Å²) < 4.78 is 4.61. The first-order valence-corrected chi connectivity index (χ1v) is 9.32. The molecule has 1 aliphatic rings. The highest BCUT2D eigenvalue weighted by Crippen LogP contribution is 2.17. The molecule has 1 aliphatic heterocycles. The van der Waals surface area contributed by atoms with Crippen molar-refractivity contribution in [1.82, 2.24) is 15.5 Å². The van der Waals surface area contributed by atoms with Crippen LogP contribution in [-0.2, 0) is 9.53 Å². The van der Waals surface area contributed by atoms with Crippen molar-refractivity contribution in [2.45, 2.75) is 32.2 Å². The summed E-state index contributed by atoms with van der Waals surface area (Å²) in [4.78, 5) is 38.7. The van der Waals surface area contributed by atoms with Crippen LogP contribution in [0, 0.1) is 0 Å². The molecule has 0 bridgehead atoms. The predicted octanol–water partition coefficient (Wildman–Crippen LogP) is 1.26. The Balaban J connectivity index is 1.74. The standard InChI is InChI=1S/C17H25N3O4S/c1-12(15(21)18-8-11-20-9-4-3-5-10-20)19-16(22)13-6-7-14(25-13)17(23)24-2/h6-7,12H,3-5,8-11H2,1-2H3,(H,18,21)(H,19,22)/t12-/m1/s1. The second-order valence-electron chi connectivity index (χ2n) is 6.04. The monoisotopic (exact) mass is 367 g/mol.